The topological polar surface area (TPSA) is 37.8 Å². The predicted molar refractivity (Wildman–Crippen MR) is 71.4 cm³/mol. The van der Waals surface area contributed by atoms with Crippen LogP contribution in [0.2, 0.25) is 0 Å². The molecule has 0 bridgehead atoms. The van der Waals surface area contributed by atoms with E-state index in [0.29, 0.717) is 0 Å². The second-order valence-corrected chi connectivity index (χ2v) is 4.78. The first-order chi connectivity index (χ1) is 8.25. The highest BCUT2D eigenvalue weighted by atomic mass is 79.9. The Balaban J connectivity index is 1.92. The Labute approximate surface area is 109 Å². The molecule has 0 aliphatic rings. The minimum atomic E-state index is 0.201. The summed E-state index contributed by atoms with van der Waals surface area (Å²) >= 11 is 3.42. The Bertz CT molecular complexity index is 456. The Morgan fingerprint density at radius 3 is 2.65 bits per heavy atom. The fraction of sp³-hybridized carbons (Fsp3) is 0.231. The summed E-state index contributed by atoms with van der Waals surface area (Å²) in [6, 6.07) is 8.49. The molecular weight excluding hydrogens is 278 g/mol. The molecule has 1 heterocycles. The van der Waals surface area contributed by atoms with Gasteiger partial charge in [-0.25, -0.2) is 0 Å². The summed E-state index contributed by atoms with van der Waals surface area (Å²) in [4.78, 5) is 8.34. The minimum absolute atomic E-state index is 0.201. The van der Waals surface area contributed by atoms with Gasteiger partial charge in [-0.2, -0.15) is 0 Å². The molecule has 3 nitrogen and oxygen atoms in total. The molecule has 1 unspecified atom stereocenters. The molecule has 0 spiro atoms. The minimum Gasteiger partial charge on any atom is -0.305 e. The van der Waals surface area contributed by atoms with Gasteiger partial charge in [-0.1, -0.05) is 28.1 Å². The molecule has 88 valence electrons. The predicted octanol–water partition coefficient (Wildman–Crippen LogP) is 3.09. The Morgan fingerprint density at radius 2 is 2.00 bits per heavy atom. The van der Waals surface area contributed by atoms with Crippen molar-refractivity contribution in [2.45, 2.75) is 19.5 Å². The molecule has 0 saturated heterocycles. The van der Waals surface area contributed by atoms with Crippen LogP contribution in [0.4, 0.5) is 0 Å². The van der Waals surface area contributed by atoms with Gasteiger partial charge in [0.25, 0.3) is 0 Å². The third-order valence-electron chi connectivity index (χ3n) is 2.55. The summed E-state index contributed by atoms with van der Waals surface area (Å²) in [6.45, 7) is 2.91. The SMILES string of the molecule is CC(NCc1ccc(Br)cc1)c1cnccn1. The van der Waals surface area contributed by atoms with Crippen LogP contribution in [-0.4, -0.2) is 9.97 Å². The highest BCUT2D eigenvalue weighted by molar-refractivity contribution is 9.10. The third-order valence-corrected chi connectivity index (χ3v) is 3.08. The fourth-order valence-corrected chi connectivity index (χ4v) is 1.78. The van der Waals surface area contributed by atoms with Gasteiger partial charge in [0.2, 0.25) is 0 Å². The number of rotatable bonds is 4. The van der Waals surface area contributed by atoms with Gasteiger partial charge in [0.05, 0.1) is 5.69 Å². The summed E-state index contributed by atoms with van der Waals surface area (Å²) in [6.07, 6.45) is 5.19. The number of aromatic nitrogens is 2. The lowest BCUT2D eigenvalue weighted by atomic mass is 10.2. The first kappa shape index (κ1) is 12.2. The van der Waals surface area contributed by atoms with E-state index in [-0.39, 0.29) is 6.04 Å². The second kappa shape index (κ2) is 5.89. The number of halogens is 1. The van der Waals surface area contributed by atoms with E-state index in [9.17, 15) is 0 Å². The molecule has 2 rings (SSSR count). The average molecular weight is 292 g/mol. The van der Waals surface area contributed by atoms with Crippen LogP contribution in [0.25, 0.3) is 0 Å². The molecule has 17 heavy (non-hydrogen) atoms. The summed E-state index contributed by atoms with van der Waals surface area (Å²) < 4.78 is 1.10. The molecule has 0 fully saturated rings. The zero-order valence-electron chi connectivity index (χ0n) is 9.60. The van der Waals surface area contributed by atoms with E-state index in [1.165, 1.54) is 5.56 Å². The zero-order chi connectivity index (χ0) is 12.1. The maximum absolute atomic E-state index is 4.27. The van der Waals surface area contributed by atoms with E-state index in [2.05, 4.69) is 50.3 Å². The molecule has 4 heteroatoms. The molecule has 2 aromatic rings. The van der Waals surface area contributed by atoms with Gasteiger partial charge in [0, 0.05) is 35.6 Å². The molecule has 0 amide bonds. The molecule has 1 atom stereocenters. The Morgan fingerprint density at radius 1 is 1.24 bits per heavy atom. The van der Waals surface area contributed by atoms with Gasteiger partial charge in [0.1, 0.15) is 0 Å². The van der Waals surface area contributed by atoms with E-state index in [4.69, 9.17) is 0 Å². The molecule has 1 aromatic carbocycles. The van der Waals surface area contributed by atoms with E-state index >= 15 is 0 Å². The van der Waals surface area contributed by atoms with Crippen molar-refractivity contribution >= 4 is 15.9 Å². The monoisotopic (exact) mass is 291 g/mol. The highest BCUT2D eigenvalue weighted by Crippen LogP contribution is 2.12. The number of nitrogens with one attached hydrogen (secondary N) is 1. The van der Waals surface area contributed by atoms with Gasteiger partial charge in [-0.05, 0) is 24.6 Å². The number of benzene rings is 1. The van der Waals surface area contributed by atoms with E-state index in [1.807, 2.05) is 12.1 Å². The number of nitrogens with zero attached hydrogens (tertiary/aromatic N) is 2. The summed E-state index contributed by atoms with van der Waals surface area (Å²) in [5, 5.41) is 3.42. The summed E-state index contributed by atoms with van der Waals surface area (Å²) in [7, 11) is 0. The molecule has 1 aromatic heterocycles. The van der Waals surface area contributed by atoms with E-state index in [0.717, 1.165) is 16.7 Å². The van der Waals surface area contributed by atoms with Gasteiger partial charge < -0.3 is 5.32 Å². The van der Waals surface area contributed by atoms with Gasteiger partial charge in [0.15, 0.2) is 0 Å². The standard InChI is InChI=1S/C13H14BrN3/c1-10(13-9-15-6-7-16-13)17-8-11-2-4-12(14)5-3-11/h2-7,9-10,17H,8H2,1H3. The Hall–Kier alpha value is -1.26. The van der Waals surface area contributed by atoms with Crippen LogP contribution in [0.15, 0.2) is 47.3 Å². The second-order valence-electron chi connectivity index (χ2n) is 3.86. The lowest BCUT2D eigenvalue weighted by Crippen LogP contribution is -2.19. The van der Waals surface area contributed by atoms with Crippen molar-refractivity contribution in [3.05, 3.63) is 58.6 Å². The van der Waals surface area contributed by atoms with Crippen LogP contribution in [0.5, 0.6) is 0 Å². The van der Waals surface area contributed by atoms with Crippen LogP contribution >= 0.6 is 15.9 Å². The van der Waals surface area contributed by atoms with Crippen molar-refractivity contribution in [1.82, 2.24) is 15.3 Å². The fourth-order valence-electron chi connectivity index (χ4n) is 1.51. The summed E-state index contributed by atoms with van der Waals surface area (Å²) in [5.74, 6) is 0. The maximum atomic E-state index is 4.27. The van der Waals surface area contributed by atoms with Crippen molar-refractivity contribution in [2.24, 2.45) is 0 Å². The number of hydrogen-bond acceptors (Lipinski definition) is 3. The molecule has 0 saturated carbocycles. The summed E-state index contributed by atoms with van der Waals surface area (Å²) in [5.41, 5.74) is 2.22. The normalized spacial score (nSPS) is 12.4. The van der Waals surface area contributed by atoms with Crippen molar-refractivity contribution in [2.75, 3.05) is 0 Å². The van der Waals surface area contributed by atoms with Crippen LogP contribution in [0, 0.1) is 0 Å². The zero-order valence-corrected chi connectivity index (χ0v) is 11.2. The highest BCUT2D eigenvalue weighted by Gasteiger charge is 2.05. The van der Waals surface area contributed by atoms with Crippen molar-refractivity contribution in [1.29, 1.82) is 0 Å². The molecule has 0 aliphatic carbocycles. The van der Waals surface area contributed by atoms with Gasteiger partial charge in [-0.15, -0.1) is 0 Å². The first-order valence-electron chi connectivity index (χ1n) is 5.49. The largest absolute Gasteiger partial charge is 0.305 e. The molecule has 0 radical (unpaired) electrons. The molecule has 1 N–H and O–H groups in total. The van der Waals surface area contributed by atoms with Crippen LogP contribution in [-0.2, 0) is 6.54 Å². The lowest BCUT2D eigenvalue weighted by molar-refractivity contribution is 0.559. The quantitative estimate of drug-likeness (QED) is 0.941. The smallest absolute Gasteiger partial charge is 0.0753 e. The first-order valence-corrected chi connectivity index (χ1v) is 6.29. The van der Waals surface area contributed by atoms with Crippen molar-refractivity contribution in [3.63, 3.8) is 0 Å². The third kappa shape index (κ3) is 3.61. The van der Waals surface area contributed by atoms with E-state index < -0.39 is 0 Å². The average Bonchev–Trinajstić information content (AvgIpc) is 2.39. The van der Waals surface area contributed by atoms with Crippen LogP contribution in [0.3, 0.4) is 0 Å². The van der Waals surface area contributed by atoms with Crippen molar-refractivity contribution in [3.8, 4) is 0 Å². The molecule has 0 aliphatic heterocycles. The van der Waals surface area contributed by atoms with Gasteiger partial charge >= 0.3 is 0 Å². The van der Waals surface area contributed by atoms with Crippen molar-refractivity contribution < 1.29 is 0 Å². The molecular formula is C13H14BrN3. The van der Waals surface area contributed by atoms with Crippen LogP contribution in [0.1, 0.15) is 24.2 Å². The maximum Gasteiger partial charge on any atom is 0.0753 e. The lowest BCUT2D eigenvalue weighted by Gasteiger charge is -2.12. The van der Waals surface area contributed by atoms with Gasteiger partial charge in [-0.3, -0.25) is 9.97 Å². The Kier molecular flexibility index (Phi) is 4.23. The number of hydrogen-bond donors (Lipinski definition) is 1. The van der Waals surface area contributed by atoms with Crippen LogP contribution < -0.4 is 5.32 Å². The van der Waals surface area contributed by atoms with E-state index in [1.54, 1.807) is 18.6 Å².